The normalized spacial score (nSPS) is 10.4. The summed E-state index contributed by atoms with van der Waals surface area (Å²) in [6, 6.07) is 1.96. The van der Waals surface area contributed by atoms with E-state index in [0.717, 1.165) is 10.6 Å². The zero-order valence-electron chi connectivity index (χ0n) is 9.72. The van der Waals surface area contributed by atoms with Crippen LogP contribution in [-0.4, -0.2) is 4.98 Å². The lowest BCUT2D eigenvalue weighted by Crippen LogP contribution is -2.19. The Morgan fingerprint density at radius 1 is 1.43 bits per heavy atom. The van der Waals surface area contributed by atoms with Crippen molar-refractivity contribution in [3.05, 3.63) is 34.5 Å². The van der Waals surface area contributed by atoms with E-state index in [0.29, 0.717) is 0 Å². The maximum atomic E-state index is 3.87. The van der Waals surface area contributed by atoms with Crippen LogP contribution in [0.4, 0.5) is 0 Å². The summed E-state index contributed by atoms with van der Waals surface area (Å²) in [5.41, 5.74) is 1.29. The van der Waals surface area contributed by atoms with Gasteiger partial charge in [0.2, 0.25) is 0 Å². The molecule has 0 amide bonds. The van der Waals surface area contributed by atoms with Crippen molar-refractivity contribution < 1.29 is 0 Å². The molecule has 1 rings (SSSR count). The second-order valence-corrected chi connectivity index (χ2v) is 3.53. The monoisotopic (exact) mass is 191 g/mol. The van der Waals surface area contributed by atoms with Gasteiger partial charge in [-0.2, -0.15) is 0 Å². The molecule has 1 aromatic rings. The molecule has 0 aliphatic rings. The van der Waals surface area contributed by atoms with Crippen LogP contribution in [0.2, 0.25) is 0 Å². The SMILES string of the molecule is C=c1cc[nH]/c1=C/C=C(C)C.CCC. The summed E-state index contributed by atoms with van der Waals surface area (Å²) >= 11 is 0. The first kappa shape index (κ1) is 12.8. The fourth-order valence-corrected chi connectivity index (χ4v) is 0.820. The predicted molar refractivity (Wildman–Crippen MR) is 65.4 cm³/mol. The van der Waals surface area contributed by atoms with Crippen molar-refractivity contribution in [2.24, 2.45) is 0 Å². The van der Waals surface area contributed by atoms with Crippen LogP contribution in [0.15, 0.2) is 23.9 Å². The molecule has 1 heteroatoms. The molecule has 14 heavy (non-hydrogen) atoms. The van der Waals surface area contributed by atoms with E-state index in [1.807, 2.05) is 18.3 Å². The van der Waals surface area contributed by atoms with Gasteiger partial charge in [-0.25, -0.2) is 0 Å². The molecule has 0 atom stereocenters. The smallest absolute Gasteiger partial charge is 0.0447 e. The first-order valence-corrected chi connectivity index (χ1v) is 5.09. The molecule has 0 spiro atoms. The van der Waals surface area contributed by atoms with Crippen molar-refractivity contribution in [1.82, 2.24) is 4.98 Å². The highest BCUT2D eigenvalue weighted by atomic mass is 14.6. The van der Waals surface area contributed by atoms with E-state index in [9.17, 15) is 0 Å². The van der Waals surface area contributed by atoms with Gasteiger partial charge in [-0.1, -0.05) is 38.5 Å². The molecule has 0 unspecified atom stereocenters. The fourth-order valence-electron chi connectivity index (χ4n) is 0.820. The summed E-state index contributed by atoms with van der Waals surface area (Å²) < 4.78 is 0. The minimum absolute atomic E-state index is 1.04. The summed E-state index contributed by atoms with van der Waals surface area (Å²) in [5, 5.41) is 2.13. The average Bonchev–Trinajstić information content (AvgIpc) is 2.49. The van der Waals surface area contributed by atoms with Gasteiger partial charge >= 0.3 is 0 Å². The van der Waals surface area contributed by atoms with Gasteiger partial charge in [-0.15, -0.1) is 0 Å². The highest BCUT2D eigenvalue weighted by Crippen LogP contribution is 1.86. The van der Waals surface area contributed by atoms with Gasteiger partial charge in [0.25, 0.3) is 0 Å². The third-order valence-electron chi connectivity index (χ3n) is 1.45. The maximum Gasteiger partial charge on any atom is 0.0447 e. The van der Waals surface area contributed by atoms with Gasteiger partial charge in [0, 0.05) is 11.5 Å². The van der Waals surface area contributed by atoms with Crippen molar-refractivity contribution in [3.8, 4) is 0 Å². The summed E-state index contributed by atoms with van der Waals surface area (Å²) in [6.07, 6.45) is 7.26. The molecule has 0 aliphatic carbocycles. The predicted octanol–water partition coefficient (Wildman–Crippen LogP) is 2.59. The van der Waals surface area contributed by atoms with Crippen molar-refractivity contribution in [2.45, 2.75) is 34.1 Å². The Balaban J connectivity index is 0.000000500. The summed E-state index contributed by atoms with van der Waals surface area (Å²) in [6.45, 7) is 12.3. The Kier molecular flexibility index (Phi) is 6.55. The summed E-state index contributed by atoms with van der Waals surface area (Å²) in [5.74, 6) is 0. The van der Waals surface area contributed by atoms with Crippen LogP contribution < -0.4 is 10.6 Å². The molecule has 0 bridgehead atoms. The number of aromatic amines is 1. The van der Waals surface area contributed by atoms with E-state index in [-0.39, 0.29) is 0 Å². The molecular formula is C13H21N. The number of hydrogen-bond acceptors (Lipinski definition) is 0. The Morgan fingerprint density at radius 2 is 2.00 bits per heavy atom. The zero-order chi connectivity index (χ0) is 11.0. The maximum absolute atomic E-state index is 3.87. The topological polar surface area (TPSA) is 15.8 Å². The van der Waals surface area contributed by atoms with E-state index in [1.54, 1.807) is 0 Å². The van der Waals surface area contributed by atoms with Crippen molar-refractivity contribution in [1.29, 1.82) is 0 Å². The number of nitrogens with one attached hydrogen (secondary N) is 1. The first-order chi connectivity index (χ1) is 6.61. The van der Waals surface area contributed by atoms with Gasteiger partial charge in [0.05, 0.1) is 0 Å². The van der Waals surface area contributed by atoms with Crippen LogP contribution in [0, 0.1) is 0 Å². The second kappa shape index (κ2) is 7.19. The largest absolute Gasteiger partial charge is 0.361 e. The molecule has 0 saturated carbocycles. The van der Waals surface area contributed by atoms with E-state index in [4.69, 9.17) is 0 Å². The Bertz CT molecular complexity index is 364. The molecule has 78 valence electrons. The van der Waals surface area contributed by atoms with Crippen LogP contribution in [0.5, 0.6) is 0 Å². The lowest BCUT2D eigenvalue weighted by atomic mass is 10.3. The molecule has 0 aliphatic heterocycles. The molecule has 1 nitrogen and oxygen atoms in total. The quantitative estimate of drug-likeness (QED) is 0.702. The summed E-state index contributed by atoms with van der Waals surface area (Å²) in [4.78, 5) is 3.10. The lowest BCUT2D eigenvalue weighted by molar-refractivity contribution is 1.09. The van der Waals surface area contributed by atoms with E-state index in [1.165, 1.54) is 12.0 Å². The van der Waals surface area contributed by atoms with Crippen LogP contribution in [-0.2, 0) is 0 Å². The minimum Gasteiger partial charge on any atom is -0.361 e. The second-order valence-electron chi connectivity index (χ2n) is 3.53. The molecule has 0 fully saturated rings. The van der Waals surface area contributed by atoms with Crippen molar-refractivity contribution in [3.63, 3.8) is 0 Å². The number of allylic oxidation sites excluding steroid dienone is 2. The van der Waals surface area contributed by atoms with Crippen LogP contribution in [0.25, 0.3) is 12.7 Å². The van der Waals surface area contributed by atoms with E-state index < -0.39 is 0 Å². The lowest BCUT2D eigenvalue weighted by Gasteiger charge is -1.80. The number of aromatic nitrogens is 1. The number of H-pyrrole nitrogens is 1. The molecular weight excluding hydrogens is 170 g/mol. The van der Waals surface area contributed by atoms with Gasteiger partial charge in [0.1, 0.15) is 0 Å². The third-order valence-corrected chi connectivity index (χ3v) is 1.45. The standard InChI is InChI=1S/C10H13N.C3H8/c1-8(2)4-5-10-9(3)6-7-11-10;1-3-2/h4-7,11H,3H2,1-2H3;3H2,1-2H3/b10-5+;. The van der Waals surface area contributed by atoms with Crippen LogP contribution in [0.3, 0.4) is 0 Å². The Morgan fingerprint density at radius 3 is 2.36 bits per heavy atom. The van der Waals surface area contributed by atoms with Crippen molar-refractivity contribution in [2.75, 3.05) is 0 Å². The highest BCUT2D eigenvalue weighted by molar-refractivity contribution is 5.37. The third kappa shape index (κ3) is 5.41. The van der Waals surface area contributed by atoms with Crippen molar-refractivity contribution >= 4 is 12.7 Å². The van der Waals surface area contributed by atoms with Gasteiger partial charge < -0.3 is 4.98 Å². The first-order valence-electron chi connectivity index (χ1n) is 5.09. The number of hydrogen-bond donors (Lipinski definition) is 1. The molecule has 0 saturated heterocycles. The van der Waals surface area contributed by atoms with E-state index in [2.05, 4.69) is 45.3 Å². The molecule has 1 heterocycles. The van der Waals surface area contributed by atoms with Crippen LogP contribution >= 0.6 is 0 Å². The van der Waals surface area contributed by atoms with Gasteiger partial charge in [0.15, 0.2) is 0 Å². The molecule has 0 radical (unpaired) electrons. The Labute approximate surface area is 86.9 Å². The fraction of sp³-hybridized carbons (Fsp3) is 0.385. The van der Waals surface area contributed by atoms with Gasteiger partial charge in [-0.3, -0.25) is 0 Å². The van der Waals surface area contributed by atoms with Crippen LogP contribution in [0.1, 0.15) is 34.1 Å². The zero-order valence-corrected chi connectivity index (χ0v) is 9.72. The molecule has 0 aromatic carbocycles. The van der Waals surface area contributed by atoms with E-state index >= 15 is 0 Å². The summed E-state index contributed by atoms with van der Waals surface area (Å²) in [7, 11) is 0. The number of rotatable bonds is 1. The molecule has 1 N–H and O–H groups in total. The minimum atomic E-state index is 1.04. The highest BCUT2D eigenvalue weighted by Gasteiger charge is 1.79. The van der Waals surface area contributed by atoms with Gasteiger partial charge in [-0.05, 0) is 31.2 Å². The molecule has 1 aromatic heterocycles. The average molecular weight is 191 g/mol. The Hall–Kier alpha value is -1.24.